The van der Waals surface area contributed by atoms with Gasteiger partial charge in [-0.2, -0.15) is 0 Å². The van der Waals surface area contributed by atoms with Gasteiger partial charge in [0.2, 0.25) is 0 Å². The molecular weight excluding hydrogens is 378 g/mol. The van der Waals surface area contributed by atoms with Crippen LogP contribution in [0.5, 0.6) is 0 Å². The summed E-state index contributed by atoms with van der Waals surface area (Å²) in [5.41, 5.74) is 6.35. The van der Waals surface area contributed by atoms with E-state index in [1.807, 2.05) is 17.4 Å². The number of nitrogens with one attached hydrogen (secondary N) is 2. The molecule has 5 aliphatic rings. The highest BCUT2D eigenvalue weighted by Crippen LogP contribution is 2.67. The van der Waals surface area contributed by atoms with Crippen LogP contribution in [0.15, 0.2) is 12.4 Å². The maximum absolute atomic E-state index is 13.2. The van der Waals surface area contributed by atoms with E-state index in [0.717, 1.165) is 25.2 Å². The summed E-state index contributed by atoms with van der Waals surface area (Å²) in [6.07, 6.45) is 12.4. The zero-order chi connectivity index (χ0) is 21.1. The summed E-state index contributed by atoms with van der Waals surface area (Å²) in [5.74, 6) is 3.28. The standard InChI is InChI=1S/C24H39N3O3/c1-23-9-8-18-16(5-4-15-12-20(28)22(30-3)13-24(15,18)2)17(23)6-7-19(23)21(29)14-27-11-10-25-26-27/h10-11,15-20,22,25-26,28H,4-9,12-14H2,1-3H3/t15-,16-,17-,18-,19+,20-,22-,23-,24-/m0/s1. The van der Waals surface area contributed by atoms with Gasteiger partial charge in [-0.1, -0.05) is 13.8 Å². The minimum atomic E-state index is -0.310. The number of rotatable bonds is 4. The van der Waals surface area contributed by atoms with E-state index in [9.17, 15) is 9.90 Å². The van der Waals surface area contributed by atoms with Gasteiger partial charge in [-0.15, -0.1) is 5.53 Å². The van der Waals surface area contributed by atoms with Gasteiger partial charge in [0.05, 0.1) is 18.8 Å². The first-order valence-corrected chi connectivity index (χ1v) is 12.0. The van der Waals surface area contributed by atoms with Crippen molar-refractivity contribution in [1.82, 2.24) is 16.0 Å². The number of carbonyl (C=O) groups is 1. The number of fused-ring (bicyclic) bond motifs is 5. The first kappa shape index (κ1) is 20.8. The Hall–Kier alpha value is -1.11. The number of hydrazine groups is 2. The van der Waals surface area contributed by atoms with E-state index in [0.29, 0.717) is 30.1 Å². The fourth-order valence-corrected chi connectivity index (χ4v) is 8.68. The molecular formula is C24H39N3O3. The van der Waals surface area contributed by atoms with Crippen LogP contribution in [0, 0.1) is 40.4 Å². The SMILES string of the molecule is CO[C@H]1C[C@@]2(C)[C@@H](CC[C@@H]3[C@@H]2CC[C@]2(C)[C@@H](C(=O)CN4C=CNN4)CC[C@@H]32)C[C@@H]1O. The molecule has 0 amide bonds. The Balaban J connectivity index is 1.34. The van der Waals surface area contributed by atoms with Crippen molar-refractivity contribution in [2.45, 2.75) is 77.4 Å². The molecule has 4 saturated carbocycles. The van der Waals surface area contributed by atoms with Gasteiger partial charge in [0.1, 0.15) is 0 Å². The molecule has 0 spiro atoms. The van der Waals surface area contributed by atoms with Gasteiger partial charge in [0.15, 0.2) is 5.78 Å². The molecule has 4 aliphatic carbocycles. The largest absolute Gasteiger partial charge is 0.390 e. The molecule has 0 bridgehead atoms. The summed E-state index contributed by atoms with van der Waals surface area (Å²) in [4.78, 5) is 13.2. The summed E-state index contributed by atoms with van der Waals surface area (Å²) in [6.45, 7) is 5.36. The third kappa shape index (κ3) is 3.05. The number of carbonyl (C=O) groups excluding carboxylic acids is 1. The number of ketones is 1. The highest BCUT2D eigenvalue weighted by molar-refractivity contribution is 5.84. The predicted molar refractivity (Wildman–Crippen MR) is 115 cm³/mol. The molecule has 4 fully saturated rings. The maximum Gasteiger partial charge on any atom is 0.157 e. The number of ether oxygens (including phenoxy) is 1. The molecule has 9 atom stereocenters. The van der Waals surface area contributed by atoms with E-state index in [-0.39, 0.29) is 29.0 Å². The minimum Gasteiger partial charge on any atom is -0.390 e. The van der Waals surface area contributed by atoms with Crippen molar-refractivity contribution in [2.75, 3.05) is 13.7 Å². The van der Waals surface area contributed by atoms with Crippen molar-refractivity contribution in [3.8, 4) is 0 Å². The van der Waals surface area contributed by atoms with Crippen molar-refractivity contribution in [2.24, 2.45) is 40.4 Å². The van der Waals surface area contributed by atoms with Gasteiger partial charge < -0.3 is 15.3 Å². The molecule has 168 valence electrons. The summed E-state index contributed by atoms with van der Waals surface area (Å²) in [7, 11) is 1.75. The molecule has 5 rings (SSSR count). The lowest BCUT2D eigenvalue weighted by Crippen LogP contribution is -2.57. The topological polar surface area (TPSA) is 73.8 Å². The Bertz CT molecular complexity index is 714. The molecule has 0 aromatic heterocycles. The molecule has 1 heterocycles. The summed E-state index contributed by atoms with van der Waals surface area (Å²) >= 11 is 0. The van der Waals surface area contributed by atoms with Crippen LogP contribution >= 0.6 is 0 Å². The van der Waals surface area contributed by atoms with Crippen LogP contribution in [0.2, 0.25) is 0 Å². The third-order valence-corrected chi connectivity index (χ3v) is 10.2. The van der Waals surface area contributed by atoms with Gasteiger partial charge in [0, 0.05) is 25.4 Å². The van der Waals surface area contributed by atoms with Crippen LogP contribution in [0.4, 0.5) is 0 Å². The van der Waals surface area contributed by atoms with Gasteiger partial charge in [0.25, 0.3) is 0 Å². The number of aliphatic hydroxyl groups is 1. The molecule has 0 aromatic rings. The zero-order valence-electron chi connectivity index (χ0n) is 18.8. The predicted octanol–water partition coefficient (Wildman–Crippen LogP) is 3.00. The lowest BCUT2D eigenvalue weighted by Gasteiger charge is -2.61. The second-order valence-electron chi connectivity index (χ2n) is 11.3. The summed E-state index contributed by atoms with van der Waals surface area (Å²) < 4.78 is 5.70. The van der Waals surface area contributed by atoms with Crippen molar-refractivity contribution >= 4 is 5.78 Å². The van der Waals surface area contributed by atoms with Crippen LogP contribution in [-0.2, 0) is 9.53 Å². The van der Waals surface area contributed by atoms with Gasteiger partial charge in [-0.25, -0.2) is 0 Å². The minimum absolute atomic E-state index is 0.0224. The van der Waals surface area contributed by atoms with Crippen LogP contribution in [0.25, 0.3) is 0 Å². The number of hydrogen-bond acceptors (Lipinski definition) is 6. The average Bonchev–Trinajstić information content (AvgIpc) is 3.34. The monoisotopic (exact) mass is 417 g/mol. The molecule has 3 N–H and O–H groups in total. The molecule has 6 heteroatoms. The average molecular weight is 418 g/mol. The maximum atomic E-state index is 13.2. The highest BCUT2D eigenvalue weighted by Gasteiger charge is 2.62. The molecule has 0 radical (unpaired) electrons. The fourth-order valence-electron chi connectivity index (χ4n) is 8.68. The second kappa shape index (κ2) is 7.49. The van der Waals surface area contributed by atoms with E-state index in [1.54, 1.807) is 7.11 Å². The Morgan fingerprint density at radius 3 is 2.70 bits per heavy atom. The Morgan fingerprint density at radius 2 is 1.97 bits per heavy atom. The number of hydrogen-bond donors (Lipinski definition) is 3. The van der Waals surface area contributed by atoms with Gasteiger partial charge >= 0.3 is 0 Å². The van der Waals surface area contributed by atoms with Crippen molar-refractivity contribution in [3.05, 3.63) is 12.4 Å². The number of nitrogens with zero attached hydrogens (tertiary/aromatic N) is 1. The van der Waals surface area contributed by atoms with Crippen LogP contribution in [-0.4, -0.2) is 41.8 Å². The Kier molecular flexibility index (Phi) is 5.19. The van der Waals surface area contributed by atoms with Crippen molar-refractivity contribution in [1.29, 1.82) is 0 Å². The van der Waals surface area contributed by atoms with Crippen LogP contribution in [0.1, 0.15) is 65.2 Å². The molecule has 30 heavy (non-hydrogen) atoms. The molecule has 6 nitrogen and oxygen atoms in total. The number of methoxy groups -OCH3 is 1. The fraction of sp³-hybridized carbons (Fsp3) is 0.875. The van der Waals surface area contributed by atoms with E-state index in [1.165, 1.54) is 32.1 Å². The summed E-state index contributed by atoms with van der Waals surface area (Å²) in [5, 5.41) is 12.4. The van der Waals surface area contributed by atoms with Crippen LogP contribution in [0.3, 0.4) is 0 Å². The van der Waals surface area contributed by atoms with E-state index in [4.69, 9.17) is 4.74 Å². The van der Waals surface area contributed by atoms with E-state index < -0.39 is 0 Å². The smallest absolute Gasteiger partial charge is 0.157 e. The highest BCUT2D eigenvalue weighted by atomic mass is 16.5. The lowest BCUT2D eigenvalue weighted by molar-refractivity contribution is -0.167. The lowest BCUT2D eigenvalue weighted by atomic mass is 9.44. The Labute approximate surface area is 180 Å². The number of aliphatic hydroxyl groups excluding tert-OH is 1. The molecule has 1 aliphatic heterocycles. The number of Topliss-reactive ketones (excluding diaryl/α,β-unsaturated/α-hetero) is 1. The first-order valence-electron chi connectivity index (χ1n) is 12.0. The zero-order valence-corrected chi connectivity index (χ0v) is 18.8. The third-order valence-electron chi connectivity index (χ3n) is 10.2. The molecule has 0 unspecified atom stereocenters. The van der Waals surface area contributed by atoms with Gasteiger partial charge in [-0.05, 0) is 85.9 Å². The molecule has 0 saturated heterocycles. The Morgan fingerprint density at radius 1 is 1.17 bits per heavy atom. The van der Waals surface area contributed by atoms with Crippen molar-refractivity contribution < 1.29 is 14.6 Å². The first-order chi connectivity index (χ1) is 14.4. The second-order valence-corrected chi connectivity index (χ2v) is 11.3. The summed E-state index contributed by atoms with van der Waals surface area (Å²) in [6, 6.07) is 0. The van der Waals surface area contributed by atoms with E-state index >= 15 is 0 Å². The van der Waals surface area contributed by atoms with Crippen LogP contribution < -0.4 is 11.0 Å². The van der Waals surface area contributed by atoms with Gasteiger partial charge in [-0.3, -0.25) is 9.80 Å². The normalized spacial score (nSPS) is 49.9. The molecule has 0 aromatic carbocycles. The van der Waals surface area contributed by atoms with Crippen molar-refractivity contribution in [3.63, 3.8) is 0 Å². The van der Waals surface area contributed by atoms with E-state index in [2.05, 4.69) is 24.8 Å². The quantitative estimate of drug-likeness (QED) is 0.653.